The fourth-order valence-corrected chi connectivity index (χ4v) is 1.23. The predicted octanol–water partition coefficient (Wildman–Crippen LogP) is 1.27. The van der Waals surface area contributed by atoms with Crippen molar-refractivity contribution < 1.29 is 14.1 Å². The lowest BCUT2D eigenvalue weighted by molar-refractivity contribution is -0.136. The smallest absolute Gasteiger partial charge is 0.333 e. The van der Waals surface area contributed by atoms with E-state index in [0.29, 0.717) is 25.1 Å². The third-order valence-electron chi connectivity index (χ3n) is 2.12. The monoisotopic (exact) mass is 224 g/mol. The molecule has 0 aliphatic heterocycles. The van der Waals surface area contributed by atoms with Crippen LogP contribution < -0.4 is 5.32 Å². The van der Waals surface area contributed by atoms with Gasteiger partial charge in [-0.25, -0.2) is 4.79 Å². The highest BCUT2D eigenvalue weighted by molar-refractivity contribution is 5.88. The lowest BCUT2D eigenvalue weighted by Crippen LogP contribution is -2.15. The van der Waals surface area contributed by atoms with E-state index in [1.54, 1.807) is 6.07 Å². The molecule has 0 unspecified atom stereocenters. The molecule has 16 heavy (non-hydrogen) atoms. The topological polar surface area (TPSA) is 64.4 Å². The Balaban J connectivity index is 2.32. The molecule has 0 saturated heterocycles. The lowest BCUT2D eigenvalue weighted by Gasteiger charge is -2.02. The largest absolute Gasteiger partial charge is 0.466 e. The Labute approximate surface area is 94.5 Å². The number of ether oxygens (including phenoxy) is 1. The molecule has 0 atom stereocenters. The van der Waals surface area contributed by atoms with Crippen LogP contribution in [0.1, 0.15) is 19.0 Å². The summed E-state index contributed by atoms with van der Waals surface area (Å²) in [5.74, 6) is -0.272. The molecule has 0 amide bonds. The van der Waals surface area contributed by atoms with Crippen LogP contribution >= 0.6 is 0 Å². The number of hydrogen-bond acceptors (Lipinski definition) is 5. The van der Waals surface area contributed by atoms with Crippen LogP contribution in [0.2, 0.25) is 0 Å². The maximum atomic E-state index is 11.2. The molecular formula is C11H16N2O3. The third-order valence-corrected chi connectivity index (χ3v) is 2.12. The molecule has 0 bridgehead atoms. The summed E-state index contributed by atoms with van der Waals surface area (Å²) in [6.45, 7) is 3.14. The zero-order valence-electron chi connectivity index (χ0n) is 9.53. The minimum atomic E-state index is -0.272. The zero-order valence-corrected chi connectivity index (χ0v) is 9.53. The van der Waals surface area contributed by atoms with Gasteiger partial charge in [0.05, 0.1) is 12.8 Å². The highest BCUT2D eigenvalue weighted by Crippen LogP contribution is 2.02. The Morgan fingerprint density at radius 1 is 1.69 bits per heavy atom. The minimum absolute atomic E-state index is 0.272. The van der Waals surface area contributed by atoms with Gasteiger partial charge in [-0.2, -0.15) is 0 Å². The molecule has 0 saturated carbocycles. The summed E-state index contributed by atoms with van der Waals surface area (Å²) in [5.41, 5.74) is 1.51. The molecule has 5 heteroatoms. The second kappa shape index (κ2) is 6.79. The van der Waals surface area contributed by atoms with Gasteiger partial charge in [0.15, 0.2) is 0 Å². The third kappa shape index (κ3) is 3.86. The van der Waals surface area contributed by atoms with Crippen molar-refractivity contribution in [3.63, 3.8) is 0 Å². The summed E-state index contributed by atoms with van der Waals surface area (Å²) in [6.07, 6.45) is 4.02. The second-order valence-electron chi connectivity index (χ2n) is 3.20. The molecule has 0 radical (unpaired) electrons. The van der Waals surface area contributed by atoms with Crippen molar-refractivity contribution in [3.05, 3.63) is 29.7 Å². The number of carbonyl (C=O) groups excluding carboxylic acids is 1. The van der Waals surface area contributed by atoms with Crippen LogP contribution in [-0.4, -0.2) is 24.8 Å². The van der Waals surface area contributed by atoms with E-state index in [2.05, 4.69) is 19.7 Å². The van der Waals surface area contributed by atoms with Gasteiger partial charge in [0, 0.05) is 24.7 Å². The van der Waals surface area contributed by atoms with Crippen molar-refractivity contribution in [1.29, 1.82) is 0 Å². The van der Waals surface area contributed by atoms with Gasteiger partial charge in [0.2, 0.25) is 0 Å². The Hall–Kier alpha value is -1.62. The Morgan fingerprint density at radius 3 is 3.06 bits per heavy atom. The van der Waals surface area contributed by atoms with Crippen molar-refractivity contribution >= 4 is 5.97 Å². The minimum Gasteiger partial charge on any atom is -0.466 e. The fraction of sp³-hybridized carbons (Fsp3) is 0.455. The number of hydrogen-bond donors (Lipinski definition) is 1. The molecule has 0 aliphatic carbocycles. The van der Waals surface area contributed by atoms with Crippen molar-refractivity contribution in [1.82, 2.24) is 10.5 Å². The van der Waals surface area contributed by atoms with E-state index < -0.39 is 0 Å². The van der Waals surface area contributed by atoms with Gasteiger partial charge in [-0.3, -0.25) is 0 Å². The molecule has 1 heterocycles. The normalized spacial score (nSPS) is 11.5. The van der Waals surface area contributed by atoms with Crippen molar-refractivity contribution in [3.8, 4) is 0 Å². The van der Waals surface area contributed by atoms with Crippen molar-refractivity contribution in [2.45, 2.75) is 19.9 Å². The molecule has 5 nitrogen and oxygen atoms in total. The molecule has 0 aliphatic rings. The average Bonchev–Trinajstić information content (AvgIpc) is 2.81. The van der Waals surface area contributed by atoms with Gasteiger partial charge in [-0.05, 0) is 6.42 Å². The summed E-state index contributed by atoms with van der Waals surface area (Å²) in [5, 5.41) is 6.88. The molecule has 0 fully saturated rings. The van der Waals surface area contributed by atoms with Crippen LogP contribution in [0.15, 0.2) is 28.5 Å². The quantitative estimate of drug-likeness (QED) is 0.448. The molecule has 1 rings (SSSR count). The first kappa shape index (κ1) is 12.4. The number of rotatable bonds is 6. The van der Waals surface area contributed by atoms with Crippen LogP contribution in [0.4, 0.5) is 0 Å². The van der Waals surface area contributed by atoms with Crippen molar-refractivity contribution in [2.24, 2.45) is 0 Å². The highest BCUT2D eigenvalue weighted by atomic mass is 16.5. The van der Waals surface area contributed by atoms with Gasteiger partial charge in [-0.1, -0.05) is 18.2 Å². The van der Waals surface area contributed by atoms with E-state index in [4.69, 9.17) is 0 Å². The number of aromatic nitrogens is 1. The van der Waals surface area contributed by atoms with Gasteiger partial charge < -0.3 is 14.6 Å². The van der Waals surface area contributed by atoms with Crippen molar-refractivity contribution in [2.75, 3.05) is 13.7 Å². The summed E-state index contributed by atoms with van der Waals surface area (Å²) in [4.78, 5) is 11.2. The van der Waals surface area contributed by atoms with E-state index in [1.807, 2.05) is 13.0 Å². The standard InChI is InChI=1S/C11H16N2O3/c1-3-9(11(14)15-2)4-6-12-8-10-5-7-16-13-10/h4-5,7,12H,3,6,8H2,1-2H3/b9-4-. The zero-order chi connectivity index (χ0) is 11.8. The maximum absolute atomic E-state index is 11.2. The van der Waals surface area contributed by atoms with E-state index in [0.717, 1.165) is 5.69 Å². The van der Waals surface area contributed by atoms with Gasteiger partial charge >= 0.3 is 5.97 Å². The number of esters is 1. The van der Waals surface area contributed by atoms with Crippen LogP contribution in [0.5, 0.6) is 0 Å². The molecule has 1 N–H and O–H groups in total. The Kier molecular flexibility index (Phi) is 5.28. The number of methoxy groups -OCH3 is 1. The highest BCUT2D eigenvalue weighted by Gasteiger charge is 2.05. The number of nitrogens with one attached hydrogen (secondary N) is 1. The van der Waals surface area contributed by atoms with Crippen LogP contribution in [-0.2, 0) is 16.1 Å². The second-order valence-corrected chi connectivity index (χ2v) is 3.20. The fourth-order valence-electron chi connectivity index (χ4n) is 1.23. The maximum Gasteiger partial charge on any atom is 0.333 e. The number of carbonyl (C=O) groups is 1. The first-order valence-electron chi connectivity index (χ1n) is 5.15. The van der Waals surface area contributed by atoms with Gasteiger partial charge in [0.25, 0.3) is 0 Å². The van der Waals surface area contributed by atoms with E-state index in [9.17, 15) is 4.79 Å². The van der Waals surface area contributed by atoms with E-state index in [1.165, 1.54) is 13.4 Å². The summed E-state index contributed by atoms with van der Waals surface area (Å²) in [7, 11) is 1.38. The van der Waals surface area contributed by atoms with E-state index in [-0.39, 0.29) is 5.97 Å². The van der Waals surface area contributed by atoms with Crippen LogP contribution in [0.25, 0.3) is 0 Å². The molecule has 0 spiro atoms. The number of nitrogens with zero attached hydrogens (tertiary/aromatic N) is 1. The Morgan fingerprint density at radius 2 is 2.50 bits per heavy atom. The van der Waals surface area contributed by atoms with Gasteiger partial charge in [0.1, 0.15) is 6.26 Å². The first-order chi connectivity index (χ1) is 7.77. The Bertz CT molecular complexity index is 344. The van der Waals surface area contributed by atoms with E-state index >= 15 is 0 Å². The first-order valence-corrected chi connectivity index (χ1v) is 5.15. The summed E-state index contributed by atoms with van der Waals surface area (Å²) >= 11 is 0. The average molecular weight is 224 g/mol. The molecule has 1 aromatic heterocycles. The molecule has 1 aromatic rings. The molecular weight excluding hydrogens is 208 g/mol. The SMILES string of the molecule is CC/C(=C/CNCc1ccon1)C(=O)OC. The van der Waals surface area contributed by atoms with Crippen LogP contribution in [0, 0.1) is 0 Å². The molecule has 88 valence electrons. The van der Waals surface area contributed by atoms with Gasteiger partial charge in [-0.15, -0.1) is 0 Å². The van der Waals surface area contributed by atoms with Crippen LogP contribution in [0.3, 0.4) is 0 Å². The molecule has 0 aromatic carbocycles. The summed E-state index contributed by atoms with van der Waals surface area (Å²) in [6, 6.07) is 1.79. The predicted molar refractivity (Wildman–Crippen MR) is 58.6 cm³/mol. The summed E-state index contributed by atoms with van der Waals surface area (Å²) < 4.78 is 9.33. The lowest BCUT2D eigenvalue weighted by atomic mass is 10.2.